The molecule has 2 saturated heterocycles. The zero-order valence-corrected chi connectivity index (χ0v) is 18.3. The molecule has 1 unspecified atom stereocenters. The molecule has 1 aliphatic carbocycles. The summed E-state index contributed by atoms with van der Waals surface area (Å²) in [7, 11) is 0. The monoisotopic (exact) mass is 389 g/mol. The largest absolute Gasteiger partial charge is 0.327 e. The Morgan fingerprint density at radius 1 is 1.07 bits per heavy atom. The van der Waals surface area contributed by atoms with Crippen LogP contribution in [0.5, 0.6) is 0 Å². The first-order valence-corrected chi connectivity index (χ1v) is 11.3. The standard InChI is InChI=1S/C23H39N3O2/c1-18(2)10-13-26-22(28)25(16-19(3)4)21(27)23(26)11-14-24(15-12-23)17-20-8-6-5-7-9-20/h5-6,18-20H,7-17H2,1-4H3. The average molecular weight is 390 g/mol. The topological polar surface area (TPSA) is 43.9 Å². The molecule has 28 heavy (non-hydrogen) atoms. The van der Waals surface area contributed by atoms with E-state index in [2.05, 4.69) is 44.7 Å². The number of likely N-dealkylation sites (tertiary alicyclic amines) is 1. The molecule has 2 heterocycles. The van der Waals surface area contributed by atoms with Gasteiger partial charge >= 0.3 is 6.03 Å². The highest BCUT2D eigenvalue weighted by Gasteiger charge is 2.57. The van der Waals surface area contributed by atoms with Gasteiger partial charge in [0.25, 0.3) is 5.91 Å². The highest BCUT2D eigenvalue weighted by Crippen LogP contribution is 2.38. The van der Waals surface area contributed by atoms with E-state index >= 15 is 0 Å². The molecule has 5 nitrogen and oxygen atoms in total. The molecule has 0 N–H and O–H groups in total. The molecule has 5 heteroatoms. The zero-order valence-electron chi connectivity index (χ0n) is 18.3. The summed E-state index contributed by atoms with van der Waals surface area (Å²) < 4.78 is 0. The Kier molecular flexibility index (Phi) is 6.85. The summed E-state index contributed by atoms with van der Waals surface area (Å²) >= 11 is 0. The van der Waals surface area contributed by atoms with Crippen molar-refractivity contribution in [2.45, 2.75) is 71.8 Å². The number of carbonyl (C=O) groups is 2. The van der Waals surface area contributed by atoms with Crippen LogP contribution in [0.15, 0.2) is 12.2 Å². The van der Waals surface area contributed by atoms with Gasteiger partial charge in [-0.3, -0.25) is 9.69 Å². The minimum absolute atomic E-state index is 0.0507. The Morgan fingerprint density at radius 2 is 1.79 bits per heavy atom. The maximum Gasteiger partial charge on any atom is 0.327 e. The molecule has 3 aliphatic rings. The minimum Gasteiger partial charge on any atom is -0.309 e. The van der Waals surface area contributed by atoms with Gasteiger partial charge in [-0.15, -0.1) is 0 Å². The lowest BCUT2D eigenvalue weighted by atomic mass is 9.84. The van der Waals surface area contributed by atoms with Crippen molar-refractivity contribution in [3.05, 3.63) is 12.2 Å². The van der Waals surface area contributed by atoms with Gasteiger partial charge in [-0.2, -0.15) is 0 Å². The first kappa shape index (κ1) is 21.4. The molecule has 3 rings (SSSR count). The van der Waals surface area contributed by atoms with E-state index < -0.39 is 5.54 Å². The molecule has 158 valence electrons. The molecule has 0 bridgehead atoms. The summed E-state index contributed by atoms with van der Waals surface area (Å²) in [6.45, 7) is 12.7. The van der Waals surface area contributed by atoms with Crippen LogP contribution in [0.2, 0.25) is 0 Å². The van der Waals surface area contributed by atoms with Gasteiger partial charge in [-0.25, -0.2) is 4.79 Å². The van der Waals surface area contributed by atoms with Gasteiger partial charge in [0.15, 0.2) is 0 Å². The molecule has 0 aromatic carbocycles. The number of rotatable bonds is 7. The van der Waals surface area contributed by atoms with E-state index in [1.807, 2.05) is 4.90 Å². The van der Waals surface area contributed by atoms with E-state index in [1.54, 1.807) is 4.90 Å². The van der Waals surface area contributed by atoms with Crippen LogP contribution in [0.4, 0.5) is 4.79 Å². The van der Waals surface area contributed by atoms with Crippen molar-refractivity contribution >= 4 is 11.9 Å². The smallest absolute Gasteiger partial charge is 0.309 e. The number of imide groups is 1. The third kappa shape index (κ3) is 4.45. The van der Waals surface area contributed by atoms with Crippen molar-refractivity contribution in [2.75, 3.05) is 32.7 Å². The van der Waals surface area contributed by atoms with Gasteiger partial charge in [-0.1, -0.05) is 39.8 Å². The predicted molar refractivity (Wildman–Crippen MR) is 113 cm³/mol. The number of nitrogens with zero attached hydrogens (tertiary/aromatic N) is 3. The number of piperidine rings is 1. The summed E-state index contributed by atoms with van der Waals surface area (Å²) in [6, 6.07) is -0.0507. The van der Waals surface area contributed by atoms with Gasteiger partial charge in [0.2, 0.25) is 0 Å². The molecule has 0 radical (unpaired) electrons. The predicted octanol–water partition coefficient (Wildman–Crippen LogP) is 4.14. The number of carbonyl (C=O) groups excluding carboxylic acids is 2. The maximum absolute atomic E-state index is 13.4. The van der Waals surface area contributed by atoms with Gasteiger partial charge in [0.1, 0.15) is 5.54 Å². The molecule has 3 amide bonds. The fraction of sp³-hybridized carbons (Fsp3) is 0.826. The summed E-state index contributed by atoms with van der Waals surface area (Å²) in [5.74, 6) is 1.64. The maximum atomic E-state index is 13.4. The Balaban J connectivity index is 1.70. The van der Waals surface area contributed by atoms with Crippen LogP contribution in [-0.2, 0) is 4.79 Å². The zero-order chi connectivity index (χ0) is 20.3. The number of hydrogen-bond donors (Lipinski definition) is 0. The molecular weight excluding hydrogens is 350 g/mol. The van der Waals surface area contributed by atoms with Gasteiger partial charge in [-0.05, 0) is 56.3 Å². The van der Waals surface area contributed by atoms with Crippen molar-refractivity contribution < 1.29 is 9.59 Å². The van der Waals surface area contributed by atoms with Crippen molar-refractivity contribution in [3.8, 4) is 0 Å². The van der Waals surface area contributed by atoms with Crippen LogP contribution in [-0.4, -0.2) is 64.9 Å². The van der Waals surface area contributed by atoms with E-state index in [-0.39, 0.29) is 11.9 Å². The Hall–Kier alpha value is -1.36. The number of amides is 3. The molecule has 0 aromatic rings. The van der Waals surface area contributed by atoms with E-state index in [9.17, 15) is 9.59 Å². The summed E-state index contributed by atoms with van der Waals surface area (Å²) in [5.41, 5.74) is -0.593. The van der Waals surface area contributed by atoms with Crippen LogP contribution < -0.4 is 0 Å². The molecule has 2 aliphatic heterocycles. The molecule has 2 fully saturated rings. The lowest BCUT2D eigenvalue weighted by Gasteiger charge is -2.43. The molecule has 1 spiro atoms. The van der Waals surface area contributed by atoms with Crippen molar-refractivity contribution in [1.82, 2.24) is 14.7 Å². The quantitative estimate of drug-likeness (QED) is 0.485. The molecule has 1 atom stereocenters. The van der Waals surface area contributed by atoms with Gasteiger partial charge < -0.3 is 9.80 Å². The second-order valence-corrected chi connectivity index (χ2v) is 9.91. The van der Waals surface area contributed by atoms with E-state index in [0.29, 0.717) is 24.9 Å². The van der Waals surface area contributed by atoms with Crippen molar-refractivity contribution in [3.63, 3.8) is 0 Å². The van der Waals surface area contributed by atoms with Crippen molar-refractivity contribution in [1.29, 1.82) is 0 Å². The minimum atomic E-state index is -0.593. The summed E-state index contributed by atoms with van der Waals surface area (Å²) in [6.07, 6.45) is 10.8. The SMILES string of the molecule is CC(C)CCN1C(=O)N(CC(C)C)C(=O)C12CCN(CC1CC=CCC1)CC2. The molecule has 0 aromatic heterocycles. The van der Waals surface area contributed by atoms with Crippen molar-refractivity contribution in [2.24, 2.45) is 17.8 Å². The van der Waals surface area contributed by atoms with Crippen LogP contribution in [0.25, 0.3) is 0 Å². The average Bonchev–Trinajstić information content (AvgIpc) is 2.84. The van der Waals surface area contributed by atoms with Gasteiger partial charge in [0.05, 0.1) is 0 Å². The van der Waals surface area contributed by atoms with Gasteiger partial charge in [0, 0.05) is 32.7 Å². The van der Waals surface area contributed by atoms with E-state index in [1.165, 1.54) is 19.3 Å². The Bertz CT molecular complexity index is 591. The summed E-state index contributed by atoms with van der Waals surface area (Å²) in [5, 5.41) is 0. The number of urea groups is 1. The highest BCUT2D eigenvalue weighted by atomic mass is 16.2. The second-order valence-electron chi connectivity index (χ2n) is 9.91. The third-order valence-corrected chi connectivity index (χ3v) is 6.68. The first-order chi connectivity index (χ1) is 13.3. The second kappa shape index (κ2) is 8.98. The van der Waals surface area contributed by atoms with Crippen LogP contribution in [0.1, 0.15) is 66.2 Å². The number of hydrogen-bond acceptors (Lipinski definition) is 3. The molecular formula is C23H39N3O2. The normalized spacial score (nSPS) is 25.7. The molecule has 0 saturated carbocycles. The fourth-order valence-corrected chi connectivity index (χ4v) is 4.98. The fourth-order valence-electron chi connectivity index (χ4n) is 4.98. The lowest BCUT2D eigenvalue weighted by Crippen LogP contribution is -2.57. The lowest BCUT2D eigenvalue weighted by molar-refractivity contribution is -0.136. The Labute approximate surface area is 171 Å². The number of allylic oxidation sites excluding steroid dienone is 2. The van der Waals surface area contributed by atoms with E-state index in [4.69, 9.17) is 0 Å². The van der Waals surface area contributed by atoms with Crippen LogP contribution in [0, 0.1) is 17.8 Å². The van der Waals surface area contributed by atoms with Crippen LogP contribution >= 0.6 is 0 Å². The Morgan fingerprint density at radius 3 is 2.36 bits per heavy atom. The third-order valence-electron chi connectivity index (χ3n) is 6.68. The highest BCUT2D eigenvalue weighted by molar-refractivity contribution is 6.07. The summed E-state index contributed by atoms with van der Waals surface area (Å²) in [4.78, 5) is 32.6. The first-order valence-electron chi connectivity index (χ1n) is 11.3. The van der Waals surface area contributed by atoms with Crippen LogP contribution in [0.3, 0.4) is 0 Å². The van der Waals surface area contributed by atoms with E-state index in [0.717, 1.165) is 44.8 Å².